The van der Waals surface area contributed by atoms with E-state index in [1.807, 2.05) is 22.6 Å². The smallest absolute Gasteiger partial charge is 0.290 e. The molecule has 1 atom stereocenters. The normalized spacial score (nSPS) is 19.9. The summed E-state index contributed by atoms with van der Waals surface area (Å²) in [7, 11) is 1.37. The van der Waals surface area contributed by atoms with Gasteiger partial charge in [-0.25, -0.2) is 4.39 Å². The zero-order chi connectivity index (χ0) is 22.5. The zero-order valence-electron chi connectivity index (χ0n) is 17.1. The van der Waals surface area contributed by atoms with E-state index in [9.17, 15) is 18.4 Å². The van der Waals surface area contributed by atoms with Crippen LogP contribution in [0, 0.1) is 15.2 Å². The van der Waals surface area contributed by atoms with E-state index in [2.05, 4.69) is 10.6 Å². The van der Waals surface area contributed by atoms with Crippen molar-refractivity contribution in [2.45, 2.75) is 25.7 Å². The first-order chi connectivity index (χ1) is 14.6. The van der Waals surface area contributed by atoms with Crippen LogP contribution in [0.2, 0.25) is 0 Å². The quantitative estimate of drug-likeness (QED) is 0.574. The summed E-state index contributed by atoms with van der Waals surface area (Å²) in [4.78, 5) is 27.1. The van der Waals surface area contributed by atoms with Gasteiger partial charge < -0.3 is 25.0 Å². The number of amides is 1. The third kappa shape index (κ3) is 4.13. The Bertz CT molecular complexity index is 1120. The largest absolute Gasteiger partial charge is 0.353 e. The molecule has 0 spiro atoms. The highest BCUT2D eigenvalue weighted by Gasteiger charge is 2.38. The molecule has 1 amide bonds. The van der Waals surface area contributed by atoms with Crippen LogP contribution in [0.25, 0.3) is 0 Å². The number of hydrogen-bond donors (Lipinski definition) is 2. The minimum Gasteiger partial charge on any atom is -0.353 e. The first-order valence-corrected chi connectivity index (χ1v) is 10.6. The van der Waals surface area contributed by atoms with Crippen molar-refractivity contribution < 1.29 is 23.0 Å². The molecule has 1 aromatic heterocycles. The lowest BCUT2D eigenvalue weighted by Gasteiger charge is -2.33. The van der Waals surface area contributed by atoms with Gasteiger partial charge >= 0.3 is 0 Å². The van der Waals surface area contributed by atoms with Crippen molar-refractivity contribution in [1.29, 1.82) is 0 Å². The Hall–Kier alpha value is -2.25. The number of carbonyl (C=O) groups excluding carboxylic acids is 1. The van der Waals surface area contributed by atoms with Gasteiger partial charge in [-0.1, -0.05) is 0 Å². The molecule has 166 valence electrons. The number of ether oxygens (including phenoxy) is 2. The van der Waals surface area contributed by atoms with Crippen molar-refractivity contribution in [3.8, 4) is 0 Å². The maximum Gasteiger partial charge on any atom is 0.290 e. The van der Waals surface area contributed by atoms with Crippen LogP contribution in [0.4, 0.5) is 26.0 Å². The Kier molecular flexibility index (Phi) is 5.68. The fourth-order valence-corrected chi connectivity index (χ4v) is 4.11. The van der Waals surface area contributed by atoms with Gasteiger partial charge in [0, 0.05) is 10.6 Å². The van der Waals surface area contributed by atoms with E-state index in [-0.39, 0.29) is 42.1 Å². The zero-order valence-corrected chi connectivity index (χ0v) is 19.2. The van der Waals surface area contributed by atoms with Crippen LogP contribution < -0.4 is 16.2 Å². The number of benzene rings is 1. The highest BCUT2D eigenvalue weighted by molar-refractivity contribution is 14.1. The van der Waals surface area contributed by atoms with Gasteiger partial charge in [-0.3, -0.25) is 14.2 Å². The molecule has 31 heavy (non-hydrogen) atoms. The Balaban J connectivity index is 1.72. The van der Waals surface area contributed by atoms with Gasteiger partial charge in [0.2, 0.25) is 5.82 Å². The molecule has 2 N–H and O–H groups in total. The highest BCUT2D eigenvalue weighted by Crippen LogP contribution is 2.33. The molecular weight excluding hydrogens is 525 g/mol. The van der Waals surface area contributed by atoms with Gasteiger partial charge in [0.05, 0.1) is 31.2 Å². The van der Waals surface area contributed by atoms with Crippen molar-refractivity contribution in [3.63, 3.8) is 0 Å². The monoisotopic (exact) mass is 546 g/mol. The minimum absolute atomic E-state index is 0.0473. The molecule has 0 bridgehead atoms. The molecule has 8 nitrogen and oxygen atoms in total. The first-order valence-electron chi connectivity index (χ1n) is 9.57. The van der Waals surface area contributed by atoms with E-state index in [4.69, 9.17) is 9.47 Å². The third-order valence-corrected chi connectivity index (χ3v) is 5.83. The molecule has 0 aliphatic carbocycles. The number of fused-ring (bicyclic) bond motifs is 1. The number of pyridine rings is 1. The van der Waals surface area contributed by atoms with E-state index in [1.165, 1.54) is 24.1 Å². The predicted octanol–water partition coefficient (Wildman–Crippen LogP) is 2.99. The fourth-order valence-electron chi connectivity index (χ4n) is 3.66. The van der Waals surface area contributed by atoms with Crippen LogP contribution in [0.3, 0.4) is 0 Å². The van der Waals surface area contributed by atoms with Gasteiger partial charge in [0.15, 0.2) is 5.79 Å². The molecule has 2 aliphatic rings. The number of halogens is 3. The molecular formula is C20H21F2IN4O4. The number of nitrogens with one attached hydrogen (secondary N) is 2. The molecule has 0 saturated carbocycles. The Labute approximate surface area is 190 Å². The molecule has 3 heterocycles. The Morgan fingerprint density at radius 3 is 2.71 bits per heavy atom. The van der Waals surface area contributed by atoms with Crippen molar-refractivity contribution in [3.05, 3.63) is 49.3 Å². The van der Waals surface area contributed by atoms with Gasteiger partial charge in [0.25, 0.3) is 11.5 Å². The topological polar surface area (TPSA) is 84.8 Å². The molecule has 1 aromatic carbocycles. The summed E-state index contributed by atoms with van der Waals surface area (Å²) in [6.07, 6.45) is -0.357. The van der Waals surface area contributed by atoms with Crippen LogP contribution in [0.15, 0.2) is 23.0 Å². The van der Waals surface area contributed by atoms with Gasteiger partial charge in [0.1, 0.15) is 23.3 Å². The van der Waals surface area contributed by atoms with Gasteiger partial charge in [-0.05, 0) is 54.6 Å². The van der Waals surface area contributed by atoms with E-state index in [0.29, 0.717) is 10.2 Å². The SMILES string of the molecule is Cn1c2c(c(Nc3ccc(I)cc3F)c(F)c1=O)C(=O)N(C[C@@H]1COC(C)(C)O1)CN2. The summed E-state index contributed by atoms with van der Waals surface area (Å²) in [6, 6.07) is 4.31. The summed E-state index contributed by atoms with van der Waals surface area (Å²) in [5.74, 6) is -2.90. The number of nitrogens with zero attached hydrogens (tertiary/aromatic N) is 2. The number of hydrogen-bond acceptors (Lipinski definition) is 6. The number of aromatic nitrogens is 1. The van der Waals surface area contributed by atoms with Crippen LogP contribution in [-0.4, -0.2) is 47.1 Å². The Morgan fingerprint density at radius 1 is 1.32 bits per heavy atom. The van der Waals surface area contributed by atoms with Crippen LogP contribution >= 0.6 is 22.6 Å². The maximum absolute atomic E-state index is 15.0. The highest BCUT2D eigenvalue weighted by atomic mass is 127. The van der Waals surface area contributed by atoms with Crippen molar-refractivity contribution >= 4 is 45.7 Å². The summed E-state index contributed by atoms with van der Waals surface area (Å²) >= 11 is 1.95. The Morgan fingerprint density at radius 2 is 2.06 bits per heavy atom. The molecule has 11 heteroatoms. The van der Waals surface area contributed by atoms with E-state index >= 15 is 0 Å². The summed E-state index contributed by atoms with van der Waals surface area (Å²) < 4.78 is 42.4. The standard InChI is InChI=1S/C20H21F2IN4O4/c1-20(2)30-8-11(31-20)7-27-9-24-17-14(18(27)28)16(15(22)19(29)26(17)3)25-13-5-4-10(23)6-12(13)21/h4-6,11,24-25H,7-9H2,1-3H3/t11-/m1/s1. The number of rotatable bonds is 4. The second-order valence-corrected chi connectivity index (χ2v) is 9.08. The maximum atomic E-state index is 15.0. The molecule has 1 saturated heterocycles. The van der Waals surface area contributed by atoms with Crippen LogP contribution in [0.5, 0.6) is 0 Å². The summed E-state index contributed by atoms with van der Waals surface area (Å²) in [5, 5.41) is 5.61. The summed E-state index contributed by atoms with van der Waals surface area (Å²) in [6.45, 7) is 4.17. The third-order valence-electron chi connectivity index (χ3n) is 5.15. The lowest BCUT2D eigenvalue weighted by Crippen LogP contribution is -2.47. The molecule has 1 fully saturated rings. The number of anilines is 3. The lowest BCUT2D eigenvalue weighted by atomic mass is 10.1. The fraction of sp³-hybridized carbons (Fsp3) is 0.400. The van der Waals surface area contributed by atoms with E-state index < -0.39 is 28.9 Å². The molecule has 4 rings (SSSR count). The average molecular weight is 546 g/mol. The first kappa shape index (κ1) is 22.0. The van der Waals surface area contributed by atoms with Crippen LogP contribution in [-0.2, 0) is 16.5 Å². The van der Waals surface area contributed by atoms with Crippen LogP contribution in [0.1, 0.15) is 24.2 Å². The lowest BCUT2D eigenvalue weighted by molar-refractivity contribution is -0.139. The second kappa shape index (κ2) is 8.02. The second-order valence-electron chi connectivity index (χ2n) is 7.84. The molecule has 0 unspecified atom stereocenters. The van der Waals surface area contributed by atoms with E-state index in [1.54, 1.807) is 19.9 Å². The predicted molar refractivity (Wildman–Crippen MR) is 118 cm³/mol. The average Bonchev–Trinajstić information content (AvgIpc) is 3.05. The van der Waals surface area contributed by atoms with E-state index in [0.717, 1.165) is 4.57 Å². The minimum atomic E-state index is -1.17. The van der Waals surface area contributed by atoms with Crippen molar-refractivity contribution in [1.82, 2.24) is 9.47 Å². The molecule has 0 radical (unpaired) electrons. The van der Waals surface area contributed by atoms with Gasteiger partial charge in [-0.2, -0.15) is 4.39 Å². The van der Waals surface area contributed by atoms with Crippen molar-refractivity contribution in [2.75, 3.05) is 30.5 Å². The summed E-state index contributed by atoms with van der Waals surface area (Å²) in [5.41, 5.74) is -1.43. The van der Waals surface area contributed by atoms with Gasteiger partial charge in [-0.15, -0.1) is 0 Å². The van der Waals surface area contributed by atoms with Crippen molar-refractivity contribution in [2.24, 2.45) is 7.05 Å². The number of carbonyl (C=O) groups is 1. The molecule has 2 aliphatic heterocycles. The molecule has 2 aromatic rings.